The number of anilines is 3. The minimum atomic E-state index is 0.0853. The zero-order chi connectivity index (χ0) is 21.2. The molecule has 0 bridgehead atoms. The molecule has 8 heteroatoms. The first-order valence-electron chi connectivity index (χ1n) is 11.5. The van der Waals surface area contributed by atoms with Gasteiger partial charge < -0.3 is 20.0 Å². The van der Waals surface area contributed by atoms with Crippen LogP contribution in [0.1, 0.15) is 43.0 Å². The first kappa shape index (κ1) is 20.0. The number of rotatable bonds is 5. The average molecular weight is 422 g/mol. The van der Waals surface area contributed by atoms with E-state index < -0.39 is 0 Å². The maximum Gasteiger partial charge on any atom is 0.259 e. The lowest BCUT2D eigenvalue weighted by molar-refractivity contribution is 0.0716. The summed E-state index contributed by atoms with van der Waals surface area (Å²) in [5, 5.41) is 3.18. The van der Waals surface area contributed by atoms with Gasteiger partial charge in [0.05, 0.1) is 11.9 Å². The minimum Gasteiger partial charge on any atom is -0.370 e. The molecule has 5 rings (SSSR count). The van der Waals surface area contributed by atoms with Crippen molar-refractivity contribution in [3.05, 3.63) is 36.3 Å². The fraction of sp³-hybridized carbons (Fsp3) is 0.565. The summed E-state index contributed by atoms with van der Waals surface area (Å²) in [4.78, 5) is 33.7. The van der Waals surface area contributed by atoms with Gasteiger partial charge in [0, 0.05) is 57.7 Å². The number of piperidine rings is 1. The molecule has 3 aliphatic rings. The third kappa shape index (κ3) is 4.03. The topological polar surface area (TPSA) is 77.5 Å². The molecule has 3 aliphatic heterocycles. The minimum absolute atomic E-state index is 0.0853. The van der Waals surface area contributed by atoms with E-state index in [1.807, 2.05) is 25.4 Å². The highest BCUT2D eigenvalue weighted by molar-refractivity contribution is 5.99. The summed E-state index contributed by atoms with van der Waals surface area (Å²) in [6, 6.07) is 4.47. The van der Waals surface area contributed by atoms with Crippen molar-refractivity contribution in [3.63, 3.8) is 0 Å². The number of nitrogens with one attached hydrogen (secondary N) is 1. The van der Waals surface area contributed by atoms with Crippen LogP contribution in [0.4, 0.5) is 17.5 Å². The molecule has 1 amide bonds. The van der Waals surface area contributed by atoms with Crippen LogP contribution in [0.25, 0.3) is 0 Å². The van der Waals surface area contributed by atoms with E-state index in [0.717, 1.165) is 70.8 Å². The molecule has 31 heavy (non-hydrogen) atoms. The highest BCUT2D eigenvalue weighted by atomic mass is 16.2. The van der Waals surface area contributed by atoms with Gasteiger partial charge in [0.15, 0.2) is 0 Å². The molecule has 0 unspecified atom stereocenters. The van der Waals surface area contributed by atoms with E-state index in [0.29, 0.717) is 23.5 Å². The highest BCUT2D eigenvalue weighted by Crippen LogP contribution is 2.33. The largest absolute Gasteiger partial charge is 0.370 e. The molecule has 0 saturated carbocycles. The Morgan fingerprint density at radius 2 is 2.03 bits per heavy atom. The molecule has 8 nitrogen and oxygen atoms in total. The van der Waals surface area contributed by atoms with E-state index in [2.05, 4.69) is 36.1 Å². The monoisotopic (exact) mass is 421 g/mol. The molecule has 1 N–H and O–H groups in total. The Bertz CT molecular complexity index is 913. The lowest BCUT2D eigenvalue weighted by atomic mass is 9.95. The van der Waals surface area contributed by atoms with Crippen LogP contribution in [0.2, 0.25) is 0 Å². The Morgan fingerprint density at radius 1 is 1.16 bits per heavy atom. The van der Waals surface area contributed by atoms with Gasteiger partial charge in [-0.3, -0.25) is 9.78 Å². The van der Waals surface area contributed by atoms with Gasteiger partial charge in [-0.25, -0.2) is 4.98 Å². The van der Waals surface area contributed by atoms with Crippen LogP contribution in [-0.2, 0) is 0 Å². The zero-order valence-electron chi connectivity index (χ0n) is 18.2. The van der Waals surface area contributed by atoms with Crippen molar-refractivity contribution >= 4 is 23.4 Å². The lowest BCUT2D eigenvalue weighted by Gasteiger charge is -2.36. The zero-order valence-corrected chi connectivity index (χ0v) is 18.2. The Hall–Kier alpha value is -2.90. The van der Waals surface area contributed by atoms with Crippen LogP contribution < -0.4 is 15.1 Å². The lowest BCUT2D eigenvalue weighted by Crippen LogP contribution is -2.44. The molecule has 5 heterocycles. The Labute approximate surface area is 183 Å². The number of amides is 1. The second-order valence-electron chi connectivity index (χ2n) is 8.80. The molecule has 1 atom stereocenters. The van der Waals surface area contributed by atoms with E-state index in [-0.39, 0.29) is 5.91 Å². The maximum absolute atomic E-state index is 13.5. The van der Waals surface area contributed by atoms with Crippen molar-refractivity contribution in [1.82, 2.24) is 19.9 Å². The van der Waals surface area contributed by atoms with Crippen molar-refractivity contribution in [3.8, 4) is 0 Å². The number of carbonyl (C=O) groups excluding carboxylic acids is 1. The Morgan fingerprint density at radius 3 is 2.81 bits per heavy atom. The second kappa shape index (κ2) is 8.69. The summed E-state index contributed by atoms with van der Waals surface area (Å²) in [5.74, 6) is 2.03. The smallest absolute Gasteiger partial charge is 0.259 e. The van der Waals surface area contributed by atoms with Crippen molar-refractivity contribution in [1.29, 1.82) is 0 Å². The third-order valence-corrected chi connectivity index (χ3v) is 6.81. The summed E-state index contributed by atoms with van der Waals surface area (Å²) in [5.41, 5.74) is 1.84. The van der Waals surface area contributed by atoms with E-state index in [1.165, 1.54) is 5.69 Å². The standard InChI is InChI=1S/C23H31N7O/c1-2-25-23-26-14-20-21(27-23)30-10-4-6-19(30)16-29(22(20)31)15-17-7-11-28(12-8-17)18-5-3-9-24-13-18/h3,5,9,13-14,17,19H,2,4,6-8,10-12,15-16H2,1H3,(H,25,26,27)/t19-/m0/s1. The van der Waals surface area contributed by atoms with Gasteiger partial charge in [-0.1, -0.05) is 0 Å². The third-order valence-electron chi connectivity index (χ3n) is 6.81. The fourth-order valence-corrected chi connectivity index (χ4v) is 5.18. The molecule has 0 spiro atoms. The first-order chi connectivity index (χ1) is 15.2. The first-order valence-corrected chi connectivity index (χ1v) is 11.5. The van der Waals surface area contributed by atoms with Gasteiger partial charge >= 0.3 is 0 Å². The van der Waals surface area contributed by atoms with Gasteiger partial charge in [-0.15, -0.1) is 0 Å². The van der Waals surface area contributed by atoms with Crippen molar-refractivity contribution in [2.24, 2.45) is 5.92 Å². The molecule has 0 radical (unpaired) electrons. The number of nitrogens with zero attached hydrogens (tertiary/aromatic N) is 6. The molecular weight excluding hydrogens is 390 g/mol. The molecule has 2 fully saturated rings. The van der Waals surface area contributed by atoms with Gasteiger partial charge in [0.1, 0.15) is 11.4 Å². The summed E-state index contributed by atoms with van der Waals surface area (Å²) in [7, 11) is 0. The maximum atomic E-state index is 13.5. The number of aromatic nitrogens is 3. The number of hydrogen-bond acceptors (Lipinski definition) is 7. The molecule has 2 aromatic rings. The fourth-order valence-electron chi connectivity index (χ4n) is 5.18. The van der Waals surface area contributed by atoms with E-state index in [9.17, 15) is 4.79 Å². The summed E-state index contributed by atoms with van der Waals surface area (Å²) in [6.07, 6.45) is 9.93. The number of carbonyl (C=O) groups is 1. The van der Waals surface area contributed by atoms with Crippen molar-refractivity contribution in [2.75, 3.05) is 54.4 Å². The summed E-state index contributed by atoms with van der Waals surface area (Å²) < 4.78 is 0. The molecule has 2 saturated heterocycles. The van der Waals surface area contributed by atoms with Crippen LogP contribution in [0.3, 0.4) is 0 Å². The van der Waals surface area contributed by atoms with Crippen molar-refractivity contribution < 1.29 is 4.79 Å². The van der Waals surface area contributed by atoms with E-state index in [4.69, 9.17) is 4.98 Å². The highest BCUT2D eigenvalue weighted by Gasteiger charge is 2.37. The Balaban J connectivity index is 1.31. The number of fused-ring (bicyclic) bond motifs is 3. The molecule has 2 aromatic heterocycles. The molecule has 0 aromatic carbocycles. The van der Waals surface area contributed by atoms with E-state index in [1.54, 1.807) is 6.20 Å². The van der Waals surface area contributed by atoms with Crippen LogP contribution in [-0.4, -0.2) is 71.1 Å². The predicted molar refractivity (Wildman–Crippen MR) is 122 cm³/mol. The van der Waals surface area contributed by atoms with Gasteiger partial charge in [-0.05, 0) is 50.7 Å². The molecule has 0 aliphatic carbocycles. The summed E-state index contributed by atoms with van der Waals surface area (Å²) in [6.45, 7) is 7.39. The summed E-state index contributed by atoms with van der Waals surface area (Å²) >= 11 is 0. The predicted octanol–water partition coefficient (Wildman–Crippen LogP) is 2.64. The molecular formula is C23H31N7O. The SMILES string of the molecule is CCNc1ncc2c(n1)N1CCC[C@H]1CN(CC1CCN(c3cccnc3)CC1)C2=O. The normalized spacial score (nSPS) is 21.6. The quantitative estimate of drug-likeness (QED) is 0.795. The van der Waals surface area contributed by atoms with Gasteiger partial charge in [-0.2, -0.15) is 4.98 Å². The molecule has 164 valence electrons. The van der Waals surface area contributed by atoms with Crippen LogP contribution >= 0.6 is 0 Å². The number of pyridine rings is 1. The van der Waals surface area contributed by atoms with Crippen LogP contribution in [0.15, 0.2) is 30.7 Å². The van der Waals surface area contributed by atoms with Gasteiger partial charge in [0.2, 0.25) is 5.95 Å². The van der Waals surface area contributed by atoms with Crippen LogP contribution in [0.5, 0.6) is 0 Å². The average Bonchev–Trinajstić information content (AvgIpc) is 3.24. The van der Waals surface area contributed by atoms with Crippen molar-refractivity contribution in [2.45, 2.75) is 38.6 Å². The van der Waals surface area contributed by atoms with Gasteiger partial charge in [0.25, 0.3) is 5.91 Å². The Kier molecular flexibility index (Phi) is 5.61. The second-order valence-corrected chi connectivity index (χ2v) is 8.80. The van der Waals surface area contributed by atoms with E-state index >= 15 is 0 Å². The van der Waals surface area contributed by atoms with Crippen LogP contribution in [0, 0.1) is 5.92 Å². The number of hydrogen-bond donors (Lipinski definition) is 1.